The predicted octanol–water partition coefficient (Wildman–Crippen LogP) is 3.99. The van der Waals surface area contributed by atoms with Crippen molar-refractivity contribution in [3.63, 3.8) is 0 Å². The first-order valence-electron chi connectivity index (χ1n) is 6.98. The quantitative estimate of drug-likeness (QED) is 0.829. The molecule has 3 rings (SSSR count). The van der Waals surface area contributed by atoms with Gasteiger partial charge < -0.3 is 4.57 Å². The Morgan fingerprint density at radius 1 is 1.37 bits per heavy atom. The first kappa shape index (κ1) is 12.7. The minimum absolute atomic E-state index is 0.324. The van der Waals surface area contributed by atoms with Crippen molar-refractivity contribution in [1.82, 2.24) is 4.57 Å². The maximum absolute atomic E-state index is 12.0. The molecule has 3 heteroatoms. The fourth-order valence-corrected chi connectivity index (χ4v) is 3.94. The lowest BCUT2D eigenvalue weighted by Gasteiger charge is -2.16. The highest BCUT2D eigenvalue weighted by Gasteiger charge is 2.22. The van der Waals surface area contributed by atoms with Gasteiger partial charge in [-0.25, -0.2) is 0 Å². The molecule has 0 bridgehead atoms. The molecular formula is C16H19NOS. The first-order chi connectivity index (χ1) is 9.20. The Morgan fingerprint density at radius 2 is 2.21 bits per heavy atom. The molecule has 19 heavy (non-hydrogen) atoms. The van der Waals surface area contributed by atoms with E-state index in [1.807, 2.05) is 11.3 Å². The van der Waals surface area contributed by atoms with Gasteiger partial charge in [-0.15, -0.1) is 11.3 Å². The van der Waals surface area contributed by atoms with Crippen molar-refractivity contribution < 1.29 is 4.79 Å². The highest BCUT2D eigenvalue weighted by atomic mass is 32.1. The normalized spacial score (nSPS) is 14.7. The molecule has 0 spiro atoms. The Morgan fingerprint density at radius 3 is 3.00 bits per heavy atom. The van der Waals surface area contributed by atoms with E-state index in [1.165, 1.54) is 21.8 Å². The summed E-state index contributed by atoms with van der Waals surface area (Å²) in [6, 6.07) is 4.30. The minimum atomic E-state index is 0.324. The molecule has 0 fully saturated rings. The number of thiophene rings is 1. The Hall–Kier alpha value is -1.35. The topological polar surface area (TPSA) is 22.0 Å². The number of fused-ring (bicyclic) bond motifs is 1. The van der Waals surface area contributed by atoms with Crippen LogP contribution in [0.2, 0.25) is 0 Å². The second-order valence-corrected chi connectivity index (χ2v) is 6.23. The van der Waals surface area contributed by atoms with Gasteiger partial charge in [0.1, 0.15) is 0 Å². The third kappa shape index (κ3) is 2.16. The minimum Gasteiger partial charge on any atom is -0.343 e. The van der Waals surface area contributed by atoms with Gasteiger partial charge >= 0.3 is 0 Å². The van der Waals surface area contributed by atoms with Crippen LogP contribution < -0.4 is 0 Å². The van der Waals surface area contributed by atoms with E-state index in [9.17, 15) is 4.79 Å². The number of nitrogens with zero attached hydrogens (tertiary/aromatic N) is 1. The number of hydrogen-bond donors (Lipinski definition) is 0. The number of carbonyl (C=O) groups excluding carboxylic acids is 1. The summed E-state index contributed by atoms with van der Waals surface area (Å²) < 4.78 is 2.34. The van der Waals surface area contributed by atoms with E-state index in [0.29, 0.717) is 5.78 Å². The van der Waals surface area contributed by atoms with Gasteiger partial charge in [0.15, 0.2) is 5.78 Å². The van der Waals surface area contributed by atoms with Crippen LogP contribution in [0.5, 0.6) is 0 Å². The van der Waals surface area contributed by atoms with E-state index < -0.39 is 0 Å². The zero-order valence-electron chi connectivity index (χ0n) is 11.5. The molecule has 0 aromatic carbocycles. The lowest BCUT2D eigenvalue weighted by molar-refractivity contribution is 0.0972. The summed E-state index contributed by atoms with van der Waals surface area (Å²) >= 11 is 1.83. The smallest absolute Gasteiger partial charge is 0.164 e. The van der Waals surface area contributed by atoms with Gasteiger partial charge in [-0.1, -0.05) is 6.92 Å². The zero-order chi connectivity index (χ0) is 13.4. The van der Waals surface area contributed by atoms with Crippen LogP contribution in [0.1, 0.15) is 52.0 Å². The van der Waals surface area contributed by atoms with Crippen LogP contribution in [-0.4, -0.2) is 10.4 Å². The van der Waals surface area contributed by atoms with Crippen molar-refractivity contribution in [2.24, 2.45) is 0 Å². The highest BCUT2D eigenvalue weighted by Crippen LogP contribution is 2.27. The maximum Gasteiger partial charge on any atom is 0.164 e. The largest absolute Gasteiger partial charge is 0.343 e. The number of carbonyl (C=O) groups is 1. The fraction of sp³-hybridized carbons (Fsp3) is 0.438. The van der Waals surface area contributed by atoms with E-state index in [-0.39, 0.29) is 0 Å². The summed E-state index contributed by atoms with van der Waals surface area (Å²) in [4.78, 5) is 13.4. The molecule has 0 radical (unpaired) electrons. The van der Waals surface area contributed by atoms with Gasteiger partial charge in [-0.3, -0.25) is 4.79 Å². The zero-order valence-corrected chi connectivity index (χ0v) is 12.3. The Balaban J connectivity index is 2.00. The van der Waals surface area contributed by atoms with Crippen molar-refractivity contribution in [2.75, 3.05) is 0 Å². The van der Waals surface area contributed by atoms with Crippen LogP contribution in [0.15, 0.2) is 17.5 Å². The summed E-state index contributed by atoms with van der Waals surface area (Å²) in [6.07, 6.45) is 3.85. The molecule has 2 aromatic rings. The SMILES string of the molecule is CCc1ccsc1Cn1c(C)cc2c1CCCC2=O. The maximum atomic E-state index is 12.0. The molecule has 0 N–H and O–H groups in total. The van der Waals surface area contributed by atoms with E-state index in [1.54, 1.807) is 0 Å². The molecule has 0 amide bonds. The second-order valence-electron chi connectivity index (χ2n) is 5.23. The Labute approximate surface area is 118 Å². The number of Topliss-reactive ketones (excluding diaryl/α,β-unsaturated/α-hetero) is 1. The number of aryl methyl sites for hydroxylation is 2. The highest BCUT2D eigenvalue weighted by molar-refractivity contribution is 7.10. The predicted molar refractivity (Wildman–Crippen MR) is 79.2 cm³/mol. The average molecular weight is 273 g/mol. The monoisotopic (exact) mass is 273 g/mol. The molecular weight excluding hydrogens is 254 g/mol. The number of hydrogen-bond acceptors (Lipinski definition) is 2. The van der Waals surface area contributed by atoms with E-state index >= 15 is 0 Å². The molecule has 1 aliphatic carbocycles. The molecule has 0 saturated heterocycles. The third-order valence-corrected chi connectivity index (χ3v) is 5.00. The molecule has 0 aliphatic heterocycles. The summed E-state index contributed by atoms with van der Waals surface area (Å²) in [5, 5.41) is 2.17. The van der Waals surface area contributed by atoms with E-state index in [2.05, 4.69) is 35.9 Å². The molecule has 2 heterocycles. The van der Waals surface area contributed by atoms with Crippen molar-refractivity contribution in [2.45, 2.75) is 46.1 Å². The second kappa shape index (κ2) is 4.97. The van der Waals surface area contributed by atoms with Crippen LogP contribution in [-0.2, 0) is 19.4 Å². The van der Waals surface area contributed by atoms with Gasteiger partial charge in [0.25, 0.3) is 0 Å². The van der Waals surface area contributed by atoms with Gasteiger partial charge in [-0.05, 0) is 49.3 Å². The summed E-state index contributed by atoms with van der Waals surface area (Å²) in [7, 11) is 0. The Bertz CT molecular complexity index is 621. The third-order valence-electron chi connectivity index (χ3n) is 4.05. The summed E-state index contributed by atoms with van der Waals surface area (Å²) in [6.45, 7) is 5.24. The van der Waals surface area contributed by atoms with Gasteiger partial charge in [0.05, 0.1) is 6.54 Å². The van der Waals surface area contributed by atoms with Crippen LogP contribution in [0.4, 0.5) is 0 Å². The van der Waals surface area contributed by atoms with Gasteiger partial charge in [0, 0.05) is 28.2 Å². The molecule has 100 valence electrons. The standard InChI is InChI=1S/C16H19NOS/c1-3-12-7-8-19-16(12)10-17-11(2)9-13-14(17)5-4-6-15(13)18/h7-9H,3-6,10H2,1-2H3. The molecule has 2 nitrogen and oxygen atoms in total. The van der Waals surface area contributed by atoms with Crippen molar-refractivity contribution in [3.8, 4) is 0 Å². The number of rotatable bonds is 3. The van der Waals surface area contributed by atoms with Crippen molar-refractivity contribution >= 4 is 17.1 Å². The lowest BCUT2D eigenvalue weighted by atomic mass is 9.96. The molecule has 0 atom stereocenters. The van der Waals surface area contributed by atoms with Gasteiger partial charge in [-0.2, -0.15) is 0 Å². The number of aromatic nitrogens is 1. The number of ketones is 1. The summed E-state index contributed by atoms with van der Waals surface area (Å²) in [5.41, 5.74) is 4.88. The molecule has 0 saturated carbocycles. The Kier molecular flexibility index (Phi) is 3.31. The van der Waals surface area contributed by atoms with Crippen LogP contribution in [0, 0.1) is 6.92 Å². The van der Waals surface area contributed by atoms with Crippen LogP contribution in [0.25, 0.3) is 0 Å². The molecule has 1 aliphatic rings. The fourth-order valence-electron chi connectivity index (χ4n) is 2.97. The van der Waals surface area contributed by atoms with E-state index in [4.69, 9.17) is 0 Å². The summed E-state index contributed by atoms with van der Waals surface area (Å²) in [5.74, 6) is 0.324. The first-order valence-corrected chi connectivity index (χ1v) is 7.86. The molecule has 2 aromatic heterocycles. The van der Waals surface area contributed by atoms with Crippen LogP contribution in [0.3, 0.4) is 0 Å². The van der Waals surface area contributed by atoms with Gasteiger partial charge in [0.2, 0.25) is 0 Å². The van der Waals surface area contributed by atoms with Crippen molar-refractivity contribution in [1.29, 1.82) is 0 Å². The molecule has 0 unspecified atom stereocenters. The van der Waals surface area contributed by atoms with Crippen LogP contribution >= 0.6 is 11.3 Å². The lowest BCUT2D eigenvalue weighted by Crippen LogP contribution is -2.14. The van der Waals surface area contributed by atoms with Crippen molar-refractivity contribution in [3.05, 3.63) is 44.9 Å². The average Bonchev–Trinajstić information content (AvgIpc) is 2.97. The van der Waals surface area contributed by atoms with E-state index in [0.717, 1.165) is 37.8 Å².